The highest BCUT2D eigenvalue weighted by atomic mass is 31.2. The zero-order chi connectivity index (χ0) is 40.0. The number of phosphoric ester groups is 1. The highest BCUT2D eigenvalue weighted by Gasteiger charge is 2.27. The smallest absolute Gasteiger partial charge is 0.462 e. The van der Waals surface area contributed by atoms with E-state index in [2.05, 4.69) is 38.2 Å². The fraction of sp³-hybridized carbons (Fsp3) is 0.864. The summed E-state index contributed by atoms with van der Waals surface area (Å²) in [6.07, 6.45) is 39.3. The number of unbranched alkanes of at least 4 members (excludes halogenated alkanes) is 22. The second-order valence-electron chi connectivity index (χ2n) is 16.1. The molecule has 0 aliphatic heterocycles. The number of quaternary nitrogens is 1. The molecule has 0 spiro atoms. The maximum Gasteiger partial charge on any atom is 0.472 e. The summed E-state index contributed by atoms with van der Waals surface area (Å²) in [6.45, 7) is 4.40. The first-order chi connectivity index (χ1) is 26.0. The van der Waals surface area contributed by atoms with E-state index < -0.39 is 26.5 Å². The molecule has 1 N–H and O–H groups in total. The first kappa shape index (κ1) is 52.5. The van der Waals surface area contributed by atoms with Crippen molar-refractivity contribution in [2.45, 2.75) is 200 Å². The number of phosphoric acid groups is 1. The molecular weight excluding hydrogens is 701 g/mol. The monoisotopic (exact) mass is 787 g/mol. The molecule has 54 heavy (non-hydrogen) atoms. The minimum absolute atomic E-state index is 0.0299. The number of esters is 2. The van der Waals surface area contributed by atoms with E-state index in [1.807, 2.05) is 21.1 Å². The Hall–Kier alpha value is -1.51. The van der Waals surface area contributed by atoms with Crippen LogP contribution in [0, 0.1) is 0 Å². The highest BCUT2D eigenvalue weighted by Crippen LogP contribution is 2.43. The zero-order valence-electron chi connectivity index (χ0n) is 35.7. The second-order valence-corrected chi connectivity index (χ2v) is 17.5. The van der Waals surface area contributed by atoms with Crippen LogP contribution in [0.3, 0.4) is 0 Å². The lowest BCUT2D eigenvalue weighted by atomic mass is 10.1. The topological polar surface area (TPSA) is 108 Å². The number of ether oxygens (including phenoxy) is 2. The van der Waals surface area contributed by atoms with Crippen molar-refractivity contribution in [1.82, 2.24) is 0 Å². The fourth-order valence-electron chi connectivity index (χ4n) is 5.94. The number of hydrogen-bond acceptors (Lipinski definition) is 7. The Morgan fingerprint density at radius 2 is 0.944 bits per heavy atom. The summed E-state index contributed by atoms with van der Waals surface area (Å²) in [4.78, 5) is 35.3. The minimum atomic E-state index is -4.37. The van der Waals surface area contributed by atoms with Crippen molar-refractivity contribution >= 4 is 19.8 Å². The van der Waals surface area contributed by atoms with Crippen LogP contribution in [0.15, 0.2) is 24.3 Å². The standard InChI is InChI=1S/C44H84NO8P/c1-6-8-10-12-14-16-18-20-22-24-26-28-30-32-34-36-43(46)50-40-42(41-52-54(48,49)51-39-38-45(3,4)5)53-44(47)37-35-33-31-29-27-25-23-21-19-17-15-13-11-9-7-2/h20-23,42H,6-19,24-41H2,1-5H3/p+1/b22-20+,23-21+. The first-order valence-electron chi connectivity index (χ1n) is 22.1. The van der Waals surface area contributed by atoms with Gasteiger partial charge in [-0.25, -0.2) is 4.57 Å². The number of rotatable bonds is 40. The van der Waals surface area contributed by atoms with Crippen LogP contribution in [-0.4, -0.2) is 74.9 Å². The van der Waals surface area contributed by atoms with E-state index in [0.717, 1.165) is 70.6 Å². The molecule has 0 heterocycles. The van der Waals surface area contributed by atoms with E-state index in [4.69, 9.17) is 18.5 Å². The van der Waals surface area contributed by atoms with Gasteiger partial charge < -0.3 is 18.9 Å². The number of carbonyl (C=O) groups excluding carboxylic acids is 2. The van der Waals surface area contributed by atoms with E-state index >= 15 is 0 Å². The molecule has 10 heteroatoms. The van der Waals surface area contributed by atoms with Crippen LogP contribution in [0.4, 0.5) is 0 Å². The summed E-state index contributed by atoms with van der Waals surface area (Å²) in [6, 6.07) is 0. The van der Waals surface area contributed by atoms with Crippen molar-refractivity contribution in [2.75, 3.05) is 47.5 Å². The van der Waals surface area contributed by atoms with Gasteiger partial charge >= 0.3 is 19.8 Å². The van der Waals surface area contributed by atoms with Gasteiger partial charge in [-0.1, -0.05) is 141 Å². The molecule has 0 amide bonds. The van der Waals surface area contributed by atoms with Crippen LogP contribution < -0.4 is 0 Å². The van der Waals surface area contributed by atoms with E-state index in [9.17, 15) is 19.0 Å². The second kappa shape index (κ2) is 37.1. The van der Waals surface area contributed by atoms with Crippen LogP contribution in [-0.2, 0) is 32.7 Å². The Labute approximate surface area is 332 Å². The summed E-state index contributed by atoms with van der Waals surface area (Å²) in [5.41, 5.74) is 0. The molecule has 0 rings (SSSR count). The summed E-state index contributed by atoms with van der Waals surface area (Å²) < 4.78 is 34.3. The van der Waals surface area contributed by atoms with Gasteiger partial charge in [-0.15, -0.1) is 0 Å². The molecule has 0 aromatic rings. The van der Waals surface area contributed by atoms with Gasteiger partial charge in [-0.2, -0.15) is 0 Å². The van der Waals surface area contributed by atoms with Crippen molar-refractivity contribution in [3.8, 4) is 0 Å². The zero-order valence-corrected chi connectivity index (χ0v) is 36.6. The number of hydrogen-bond donors (Lipinski definition) is 1. The van der Waals surface area contributed by atoms with E-state index in [-0.39, 0.29) is 32.0 Å². The molecule has 0 aliphatic carbocycles. The molecule has 2 atom stereocenters. The van der Waals surface area contributed by atoms with E-state index in [1.54, 1.807) is 0 Å². The van der Waals surface area contributed by atoms with Crippen LogP contribution in [0.5, 0.6) is 0 Å². The maximum atomic E-state index is 12.7. The van der Waals surface area contributed by atoms with Crippen molar-refractivity contribution in [3.63, 3.8) is 0 Å². The van der Waals surface area contributed by atoms with E-state index in [0.29, 0.717) is 17.4 Å². The normalized spacial score (nSPS) is 13.8. The lowest BCUT2D eigenvalue weighted by molar-refractivity contribution is -0.870. The highest BCUT2D eigenvalue weighted by molar-refractivity contribution is 7.47. The molecule has 0 aromatic heterocycles. The third-order valence-electron chi connectivity index (χ3n) is 9.45. The molecule has 318 valence electrons. The van der Waals surface area contributed by atoms with Crippen molar-refractivity contribution in [1.29, 1.82) is 0 Å². The number of allylic oxidation sites excluding steroid dienone is 4. The average molecular weight is 787 g/mol. The summed E-state index contributed by atoms with van der Waals surface area (Å²) in [7, 11) is 1.47. The lowest BCUT2D eigenvalue weighted by Crippen LogP contribution is -2.37. The molecule has 9 nitrogen and oxygen atoms in total. The minimum Gasteiger partial charge on any atom is -0.462 e. The molecule has 0 radical (unpaired) electrons. The maximum absolute atomic E-state index is 12.7. The molecule has 0 bridgehead atoms. The van der Waals surface area contributed by atoms with Gasteiger partial charge in [0.15, 0.2) is 6.10 Å². The first-order valence-corrected chi connectivity index (χ1v) is 23.6. The van der Waals surface area contributed by atoms with Crippen molar-refractivity contribution < 1.29 is 42.1 Å². The number of carbonyl (C=O) groups is 2. The van der Waals surface area contributed by atoms with Crippen LogP contribution >= 0.6 is 7.82 Å². The van der Waals surface area contributed by atoms with Crippen molar-refractivity contribution in [3.05, 3.63) is 24.3 Å². The molecule has 2 unspecified atom stereocenters. The molecule has 0 fully saturated rings. The molecule has 0 saturated carbocycles. The molecule has 0 aromatic carbocycles. The fourth-order valence-corrected chi connectivity index (χ4v) is 6.69. The van der Waals surface area contributed by atoms with Gasteiger partial charge in [0.1, 0.15) is 19.8 Å². The predicted octanol–water partition coefficient (Wildman–Crippen LogP) is 12.4. The van der Waals surface area contributed by atoms with Crippen LogP contribution in [0.25, 0.3) is 0 Å². The van der Waals surface area contributed by atoms with Gasteiger partial charge in [0.05, 0.1) is 27.7 Å². The van der Waals surface area contributed by atoms with Crippen LogP contribution in [0.1, 0.15) is 194 Å². The van der Waals surface area contributed by atoms with Gasteiger partial charge in [0, 0.05) is 12.8 Å². The van der Waals surface area contributed by atoms with Gasteiger partial charge in [0.2, 0.25) is 0 Å². The number of nitrogens with zero attached hydrogens (tertiary/aromatic N) is 1. The largest absolute Gasteiger partial charge is 0.472 e. The molecule has 0 aliphatic rings. The van der Waals surface area contributed by atoms with Gasteiger partial charge in [-0.05, 0) is 64.2 Å². The third kappa shape index (κ3) is 40.2. The quantitative estimate of drug-likeness (QED) is 0.0215. The Bertz CT molecular complexity index is 980. The lowest BCUT2D eigenvalue weighted by Gasteiger charge is -2.24. The summed E-state index contributed by atoms with van der Waals surface area (Å²) in [5.74, 6) is -0.814. The predicted molar refractivity (Wildman–Crippen MR) is 224 cm³/mol. The average Bonchev–Trinajstić information content (AvgIpc) is 3.12. The van der Waals surface area contributed by atoms with E-state index in [1.165, 1.54) is 89.9 Å². The van der Waals surface area contributed by atoms with Crippen LogP contribution in [0.2, 0.25) is 0 Å². The Balaban J connectivity index is 4.38. The SMILES string of the molecule is CCCCCCCC/C=C/CCCCCCCC(=O)OCC(COP(=O)(O)OCC[N+](C)(C)C)OC(=O)CCCCCCC/C=C/CCCCCCCC. The van der Waals surface area contributed by atoms with Gasteiger partial charge in [-0.3, -0.25) is 18.6 Å². The molecule has 0 saturated heterocycles. The Morgan fingerprint density at radius 3 is 1.37 bits per heavy atom. The Kier molecular flexibility index (Phi) is 36.1. The van der Waals surface area contributed by atoms with Gasteiger partial charge in [0.25, 0.3) is 0 Å². The number of likely N-dealkylation sites (N-methyl/N-ethyl adjacent to an activating group) is 1. The molecular formula is C44H85NO8P+. The summed E-state index contributed by atoms with van der Waals surface area (Å²) in [5, 5.41) is 0. The Morgan fingerprint density at radius 1 is 0.556 bits per heavy atom. The summed E-state index contributed by atoms with van der Waals surface area (Å²) >= 11 is 0. The third-order valence-corrected chi connectivity index (χ3v) is 10.4. The van der Waals surface area contributed by atoms with Crippen molar-refractivity contribution in [2.24, 2.45) is 0 Å².